The van der Waals surface area contributed by atoms with Crippen LogP contribution in [0.25, 0.3) is 34.1 Å². The summed E-state index contributed by atoms with van der Waals surface area (Å²) >= 11 is 7.78. The van der Waals surface area contributed by atoms with E-state index in [0.717, 1.165) is 40.2 Å². The zero-order chi connectivity index (χ0) is 51.0. The van der Waals surface area contributed by atoms with Gasteiger partial charge in [0.1, 0.15) is 22.7 Å². The highest BCUT2D eigenvalue weighted by molar-refractivity contribution is 8.00. The van der Waals surface area contributed by atoms with E-state index in [2.05, 4.69) is 127 Å². The number of anilines is 1. The Morgan fingerprint density at radius 3 is 1.77 bits per heavy atom. The maximum atomic E-state index is 12.2. The quantitative estimate of drug-likeness (QED) is 0.0896. The third kappa shape index (κ3) is 13.1. The van der Waals surface area contributed by atoms with Crippen LogP contribution in [0.15, 0.2) is 118 Å². The number of rotatable bonds is 14. The van der Waals surface area contributed by atoms with Gasteiger partial charge in [-0.25, -0.2) is 24.0 Å². The monoisotopic (exact) mass is 983 g/mol. The first-order valence-electron chi connectivity index (χ1n) is 23.5. The summed E-state index contributed by atoms with van der Waals surface area (Å²) in [6.07, 6.45) is 1.41. The molecule has 8 rings (SSSR count). The van der Waals surface area contributed by atoms with Crippen molar-refractivity contribution in [1.82, 2.24) is 39.2 Å². The summed E-state index contributed by atoms with van der Waals surface area (Å²) in [5, 5.41) is 10.6. The number of aromatic amines is 2. The Kier molecular flexibility index (Phi) is 14.5. The molecule has 3 N–H and O–H groups in total. The van der Waals surface area contributed by atoms with Crippen LogP contribution in [0.2, 0.25) is 5.02 Å². The van der Waals surface area contributed by atoms with Crippen LogP contribution >= 0.6 is 23.4 Å². The summed E-state index contributed by atoms with van der Waals surface area (Å²) in [4.78, 5) is 43.2. The van der Waals surface area contributed by atoms with Crippen molar-refractivity contribution in [3.05, 3.63) is 151 Å². The Balaban J connectivity index is 0.000000208. The minimum absolute atomic E-state index is 0.0492. The Hall–Kier alpha value is -6.38. The Bertz CT molecular complexity index is 3250. The molecule has 0 radical (unpaired) electrons. The van der Waals surface area contributed by atoms with E-state index in [9.17, 15) is 9.59 Å². The molecule has 0 saturated carbocycles. The standard InChI is InChI=1S/C29H36ClN5O2.C26H30N4O2S/c1-18-15-21(13-14-22(18)30)37-29(7,8)17-28(5,6)33-26-32-25(31-23-16-24(36)34-35(23)26)19-9-11-20(12-10-19)27(2,3)4;1-17-11-13-19(14-12-17)23-27-21-15-22(31)29-30(21)24(28-23)33-26(5,6)16-25(3,4)32-20-10-8-7-9-18(20)2/h9-16H,17H2,1-8H3,(H,34,36)(H,31,32,33);7-15H,16H2,1-6H3,(H,29,31). The lowest BCUT2D eigenvalue weighted by atomic mass is 9.87. The lowest BCUT2D eigenvalue weighted by Gasteiger charge is -2.36. The lowest BCUT2D eigenvalue weighted by Crippen LogP contribution is -2.43. The number of hydrogen-bond acceptors (Lipinski definition) is 10. The van der Waals surface area contributed by atoms with Gasteiger partial charge in [-0.2, -0.15) is 4.98 Å². The van der Waals surface area contributed by atoms with Crippen LogP contribution in [-0.4, -0.2) is 60.7 Å². The third-order valence-electron chi connectivity index (χ3n) is 11.5. The molecule has 368 valence electrons. The second-order valence-electron chi connectivity index (χ2n) is 21.6. The van der Waals surface area contributed by atoms with Crippen LogP contribution in [0.3, 0.4) is 0 Å². The van der Waals surface area contributed by atoms with E-state index >= 15 is 0 Å². The van der Waals surface area contributed by atoms with Crippen LogP contribution in [-0.2, 0) is 5.41 Å². The molecule has 70 heavy (non-hydrogen) atoms. The van der Waals surface area contributed by atoms with E-state index in [-0.39, 0.29) is 21.3 Å². The predicted molar refractivity (Wildman–Crippen MR) is 285 cm³/mol. The van der Waals surface area contributed by atoms with Crippen molar-refractivity contribution < 1.29 is 9.47 Å². The van der Waals surface area contributed by atoms with Crippen LogP contribution < -0.4 is 25.9 Å². The average molecular weight is 985 g/mol. The van der Waals surface area contributed by atoms with Gasteiger partial charge in [-0.3, -0.25) is 19.8 Å². The molecular formula is C55H66ClN9O4S. The van der Waals surface area contributed by atoms with Gasteiger partial charge < -0.3 is 14.8 Å². The van der Waals surface area contributed by atoms with E-state index < -0.39 is 16.7 Å². The fourth-order valence-corrected chi connectivity index (χ4v) is 10.2. The first-order valence-corrected chi connectivity index (χ1v) is 24.7. The molecular weight excluding hydrogens is 918 g/mol. The molecule has 0 amide bonds. The smallest absolute Gasteiger partial charge is 0.266 e. The van der Waals surface area contributed by atoms with E-state index in [4.69, 9.17) is 31.0 Å². The van der Waals surface area contributed by atoms with E-state index in [1.807, 2.05) is 86.6 Å². The van der Waals surface area contributed by atoms with Crippen molar-refractivity contribution in [3.63, 3.8) is 0 Å². The summed E-state index contributed by atoms with van der Waals surface area (Å²) in [5.41, 5.74) is 5.59. The third-order valence-corrected chi connectivity index (χ3v) is 13.1. The van der Waals surface area contributed by atoms with E-state index in [0.29, 0.717) is 45.5 Å². The molecule has 0 fully saturated rings. The highest BCUT2D eigenvalue weighted by atomic mass is 35.5. The predicted octanol–water partition coefficient (Wildman–Crippen LogP) is 12.6. The Morgan fingerprint density at radius 1 is 0.614 bits per heavy atom. The van der Waals surface area contributed by atoms with Gasteiger partial charge in [0.05, 0.1) is 0 Å². The molecule has 0 atom stereocenters. The maximum Gasteiger partial charge on any atom is 0.266 e. The average Bonchev–Trinajstić information content (AvgIpc) is 3.83. The fraction of sp³-hybridized carbons (Fsp3) is 0.382. The number of aromatic nitrogens is 8. The summed E-state index contributed by atoms with van der Waals surface area (Å²) in [6.45, 7) is 29.4. The molecule has 13 nitrogen and oxygen atoms in total. The van der Waals surface area contributed by atoms with Crippen molar-refractivity contribution in [2.45, 2.75) is 142 Å². The fourth-order valence-electron chi connectivity index (χ4n) is 8.79. The Morgan fingerprint density at radius 2 is 1.17 bits per heavy atom. The van der Waals surface area contributed by atoms with Gasteiger partial charge >= 0.3 is 0 Å². The normalized spacial score (nSPS) is 12.5. The SMILES string of the molecule is Cc1cc(OC(C)(C)CC(C)(C)Nc2nc(-c3ccc(C(C)(C)C)cc3)nc3cc(=O)[nH]n23)ccc1Cl.Cc1ccc(-c2nc(SC(C)(C)CC(C)(C)Oc3ccccc3C)n3[nH]c(=O)cc3n2)cc1. The van der Waals surface area contributed by atoms with E-state index in [1.165, 1.54) is 23.3 Å². The van der Waals surface area contributed by atoms with Crippen molar-refractivity contribution in [1.29, 1.82) is 0 Å². The molecule has 0 aliphatic rings. The number of nitrogens with zero attached hydrogens (tertiary/aromatic N) is 6. The zero-order valence-corrected chi connectivity index (χ0v) is 44.4. The van der Waals surface area contributed by atoms with Gasteiger partial charge in [0.15, 0.2) is 28.1 Å². The molecule has 4 aromatic heterocycles. The topological polar surface area (TPSA) is 157 Å². The van der Waals surface area contributed by atoms with Gasteiger partial charge in [0, 0.05) is 51.4 Å². The summed E-state index contributed by atoms with van der Waals surface area (Å²) in [6, 6.07) is 33.0. The number of H-pyrrole nitrogens is 2. The molecule has 0 aliphatic carbocycles. The van der Waals surface area contributed by atoms with Gasteiger partial charge in [-0.1, -0.05) is 130 Å². The molecule has 0 saturated heterocycles. The number of fused-ring (bicyclic) bond motifs is 2. The lowest BCUT2D eigenvalue weighted by molar-refractivity contribution is 0.0817. The van der Waals surface area contributed by atoms with Crippen molar-refractivity contribution >= 4 is 40.6 Å². The second-order valence-corrected chi connectivity index (χ2v) is 23.7. The van der Waals surface area contributed by atoms with Crippen molar-refractivity contribution in [2.75, 3.05) is 5.32 Å². The molecule has 0 spiro atoms. The number of aryl methyl sites for hydroxylation is 3. The number of halogens is 1. The molecule has 15 heteroatoms. The number of para-hydroxylation sites is 1. The molecule has 0 bridgehead atoms. The van der Waals surface area contributed by atoms with Crippen LogP contribution in [0.4, 0.5) is 5.95 Å². The van der Waals surface area contributed by atoms with Gasteiger partial charge in [-0.05, 0) is 109 Å². The van der Waals surface area contributed by atoms with E-state index in [1.54, 1.807) is 20.8 Å². The minimum Gasteiger partial charge on any atom is -0.488 e. The largest absolute Gasteiger partial charge is 0.488 e. The van der Waals surface area contributed by atoms with Crippen molar-refractivity contribution in [3.8, 4) is 34.3 Å². The minimum atomic E-state index is -0.501. The number of nitrogens with one attached hydrogen (secondary N) is 3. The number of thioether (sulfide) groups is 1. The van der Waals surface area contributed by atoms with Crippen LogP contribution in [0.1, 0.15) is 111 Å². The summed E-state index contributed by atoms with van der Waals surface area (Å²) in [5.74, 6) is 3.31. The first kappa shape index (κ1) is 51.5. The maximum absolute atomic E-state index is 12.2. The van der Waals surface area contributed by atoms with Crippen LogP contribution in [0.5, 0.6) is 11.5 Å². The molecule has 8 aromatic rings. The van der Waals surface area contributed by atoms with Crippen LogP contribution in [0, 0.1) is 20.8 Å². The first-order chi connectivity index (χ1) is 32.6. The molecule has 0 aliphatic heterocycles. The van der Waals surface area contributed by atoms with Gasteiger partial charge in [0.2, 0.25) is 5.95 Å². The highest BCUT2D eigenvalue weighted by Gasteiger charge is 2.34. The molecule has 0 unspecified atom stereocenters. The van der Waals surface area contributed by atoms with Gasteiger partial charge in [0.25, 0.3) is 11.1 Å². The number of hydrogen-bond donors (Lipinski definition) is 3. The van der Waals surface area contributed by atoms with Gasteiger partial charge in [-0.15, -0.1) is 0 Å². The molecule has 4 aromatic carbocycles. The zero-order valence-electron chi connectivity index (χ0n) is 42.8. The second kappa shape index (κ2) is 19.8. The number of benzene rings is 4. The number of ether oxygens (including phenoxy) is 2. The Labute approximate surface area is 419 Å². The molecule has 4 heterocycles. The summed E-state index contributed by atoms with van der Waals surface area (Å²) in [7, 11) is 0. The summed E-state index contributed by atoms with van der Waals surface area (Å²) < 4.78 is 15.8. The highest BCUT2D eigenvalue weighted by Crippen LogP contribution is 2.40. The van der Waals surface area contributed by atoms with Crippen molar-refractivity contribution in [2.24, 2.45) is 0 Å².